The highest BCUT2D eigenvalue weighted by Crippen LogP contribution is 2.33. The van der Waals surface area contributed by atoms with Crippen molar-refractivity contribution in [3.63, 3.8) is 0 Å². The lowest BCUT2D eigenvalue weighted by Gasteiger charge is -2.31. The van der Waals surface area contributed by atoms with Crippen LogP contribution in [0.1, 0.15) is 25.1 Å². The lowest BCUT2D eigenvalue weighted by molar-refractivity contribution is -0.0562. The molecule has 1 aromatic heterocycles. The smallest absolute Gasteiger partial charge is 0.104 e. The molecule has 0 aliphatic carbocycles. The van der Waals surface area contributed by atoms with Crippen molar-refractivity contribution in [3.05, 3.63) is 22.4 Å². The van der Waals surface area contributed by atoms with Crippen molar-refractivity contribution in [2.75, 3.05) is 46.5 Å². The molecule has 2 aliphatic heterocycles. The molecule has 23 heavy (non-hydrogen) atoms. The first-order chi connectivity index (χ1) is 11.1. The first-order valence-electron chi connectivity index (χ1n) is 8.73. The Balaban J connectivity index is 1.59. The summed E-state index contributed by atoms with van der Waals surface area (Å²) in [5, 5.41) is 2.16. The Morgan fingerprint density at radius 3 is 3.09 bits per heavy atom. The summed E-state index contributed by atoms with van der Waals surface area (Å²) < 4.78 is 12.2. The molecule has 1 aromatic rings. The van der Waals surface area contributed by atoms with Gasteiger partial charge < -0.3 is 14.4 Å². The Kier molecular flexibility index (Phi) is 5.75. The maximum atomic E-state index is 6.31. The Hall–Kier alpha value is -0.460. The molecule has 0 radical (unpaired) electrons. The summed E-state index contributed by atoms with van der Waals surface area (Å²) in [6.45, 7) is 11.1. The van der Waals surface area contributed by atoms with Gasteiger partial charge in [0.15, 0.2) is 0 Å². The van der Waals surface area contributed by atoms with Gasteiger partial charge in [0.25, 0.3) is 0 Å². The molecule has 3 rings (SSSR count). The molecule has 0 aromatic carbocycles. The zero-order valence-corrected chi connectivity index (χ0v) is 15.5. The second-order valence-corrected chi connectivity index (χ2v) is 8.47. The van der Waals surface area contributed by atoms with E-state index >= 15 is 0 Å². The van der Waals surface area contributed by atoms with Gasteiger partial charge in [0.1, 0.15) is 5.60 Å². The summed E-state index contributed by atoms with van der Waals surface area (Å²) in [5.74, 6) is 0.618. The molecule has 0 amide bonds. The number of hydrogen-bond donors (Lipinski definition) is 0. The van der Waals surface area contributed by atoms with E-state index < -0.39 is 0 Å². The highest BCUT2D eigenvalue weighted by Gasteiger charge is 2.43. The van der Waals surface area contributed by atoms with Gasteiger partial charge in [0.2, 0.25) is 0 Å². The van der Waals surface area contributed by atoms with Crippen molar-refractivity contribution in [2.24, 2.45) is 5.92 Å². The maximum absolute atomic E-state index is 6.31. The molecular formula is C18H30N2O2S. The third-order valence-electron chi connectivity index (χ3n) is 5.10. The van der Waals surface area contributed by atoms with E-state index in [2.05, 4.69) is 48.2 Å². The zero-order chi connectivity index (χ0) is 16.3. The fourth-order valence-electron chi connectivity index (χ4n) is 3.63. The molecule has 2 atom stereocenters. The second kappa shape index (κ2) is 7.62. The van der Waals surface area contributed by atoms with E-state index in [-0.39, 0.29) is 5.60 Å². The van der Waals surface area contributed by atoms with Crippen LogP contribution >= 0.6 is 11.3 Å². The normalized spacial score (nSPS) is 29.7. The molecule has 0 bridgehead atoms. The van der Waals surface area contributed by atoms with Gasteiger partial charge in [-0.25, -0.2) is 0 Å². The van der Waals surface area contributed by atoms with Crippen LogP contribution in [0.5, 0.6) is 0 Å². The molecule has 5 heteroatoms. The highest BCUT2D eigenvalue weighted by atomic mass is 32.1. The lowest BCUT2D eigenvalue weighted by Crippen LogP contribution is -2.44. The zero-order valence-electron chi connectivity index (χ0n) is 14.7. The van der Waals surface area contributed by atoms with Gasteiger partial charge in [-0.2, -0.15) is 0 Å². The minimum absolute atomic E-state index is 0.101. The summed E-state index contributed by atoms with van der Waals surface area (Å²) in [6.07, 6.45) is 1.12. The highest BCUT2D eigenvalue weighted by molar-refractivity contribution is 7.09. The monoisotopic (exact) mass is 338 g/mol. The van der Waals surface area contributed by atoms with Crippen LogP contribution in [-0.4, -0.2) is 67.9 Å². The minimum Gasteiger partial charge on any atom is -0.377 e. The van der Waals surface area contributed by atoms with E-state index in [4.69, 9.17) is 9.47 Å². The van der Waals surface area contributed by atoms with Crippen molar-refractivity contribution in [1.82, 2.24) is 9.80 Å². The molecule has 130 valence electrons. The van der Waals surface area contributed by atoms with E-state index in [9.17, 15) is 0 Å². The Morgan fingerprint density at radius 1 is 1.48 bits per heavy atom. The Bertz CT molecular complexity index is 479. The quantitative estimate of drug-likeness (QED) is 0.824. The van der Waals surface area contributed by atoms with Crippen LogP contribution in [0.25, 0.3) is 0 Å². The molecule has 4 nitrogen and oxygen atoms in total. The van der Waals surface area contributed by atoms with Crippen LogP contribution in [0.2, 0.25) is 0 Å². The molecule has 0 saturated carbocycles. The van der Waals surface area contributed by atoms with Gasteiger partial charge in [-0.15, -0.1) is 11.3 Å². The largest absolute Gasteiger partial charge is 0.377 e. The predicted molar refractivity (Wildman–Crippen MR) is 95.0 cm³/mol. The van der Waals surface area contributed by atoms with Crippen LogP contribution in [-0.2, 0) is 16.0 Å². The topological polar surface area (TPSA) is 24.9 Å². The Labute approximate surface area is 144 Å². The molecule has 3 heterocycles. The van der Waals surface area contributed by atoms with Crippen molar-refractivity contribution in [3.8, 4) is 0 Å². The standard InChI is InChI=1S/C18H30N2O2S/c1-15(2)19(3)10-16-9-18(22-12-16)13-20(6-7-21-14-18)11-17-5-4-8-23-17/h4-5,8,15-16H,6-7,9-14H2,1-3H3/t16-,18-/m0/s1. The summed E-state index contributed by atoms with van der Waals surface area (Å²) in [7, 11) is 2.21. The molecule has 2 saturated heterocycles. The number of nitrogens with zero attached hydrogens (tertiary/aromatic N) is 2. The van der Waals surface area contributed by atoms with Gasteiger partial charge in [-0.1, -0.05) is 6.07 Å². The fraction of sp³-hybridized carbons (Fsp3) is 0.778. The third kappa shape index (κ3) is 4.54. The molecule has 1 spiro atoms. The molecule has 2 fully saturated rings. The minimum atomic E-state index is -0.101. The van der Waals surface area contributed by atoms with E-state index in [1.165, 1.54) is 4.88 Å². The van der Waals surface area contributed by atoms with Crippen LogP contribution in [0, 0.1) is 5.92 Å². The lowest BCUT2D eigenvalue weighted by atomic mass is 9.93. The van der Waals surface area contributed by atoms with Crippen LogP contribution in [0.4, 0.5) is 0 Å². The first kappa shape index (κ1) is 17.4. The molecule has 2 aliphatic rings. The average molecular weight is 339 g/mol. The SMILES string of the molecule is CC(C)N(C)C[C@H]1CO[C@@]2(COCCN(Cc3cccs3)C2)C1. The molecular weight excluding hydrogens is 308 g/mol. The summed E-state index contributed by atoms with van der Waals surface area (Å²) in [6, 6.07) is 4.94. The number of rotatable bonds is 5. The predicted octanol–water partition coefficient (Wildman–Crippen LogP) is 2.70. The van der Waals surface area contributed by atoms with E-state index in [0.717, 1.165) is 52.4 Å². The maximum Gasteiger partial charge on any atom is 0.104 e. The van der Waals surface area contributed by atoms with E-state index in [0.29, 0.717) is 12.0 Å². The Morgan fingerprint density at radius 2 is 2.35 bits per heavy atom. The van der Waals surface area contributed by atoms with Gasteiger partial charge in [-0.05, 0) is 44.7 Å². The molecule has 0 unspecified atom stereocenters. The summed E-state index contributed by atoms with van der Waals surface area (Å²) >= 11 is 1.84. The van der Waals surface area contributed by atoms with Crippen LogP contribution in [0.3, 0.4) is 0 Å². The number of hydrogen-bond acceptors (Lipinski definition) is 5. The van der Waals surface area contributed by atoms with Crippen molar-refractivity contribution in [2.45, 2.75) is 38.5 Å². The number of thiophene rings is 1. The average Bonchev–Trinajstić information content (AvgIpc) is 3.09. The number of ether oxygens (including phenoxy) is 2. The van der Waals surface area contributed by atoms with E-state index in [1.54, 1.807) is 0 Å². The van der Waals surface area contributed by atoms with Gasteiger partial charge in [0.05, 0.1) is 19.8 Å². The van der Waals surface area contributed by atoms with Gasteiger partial charge in [-0.3, -0.25) is 4.90 Å². The van der Waals surface area contributed by atoms with E-state index in [1.807, 2.05) is 11.3 Å². The van der Waals surface area contributed by atoms with Crippen molar-refractivity contribution in [1.29, 1.82) is 0 Å². The second-order valence-electron chi connectivity index (χ2n) is 7.44. The fourth-order valence-corrected chi connectivity index (χ4v) is 4.37. The van der Waals surface area contributed by atoms with Crippen molar-refractivity contribution >= 4 is 11.3 Å². The van der Waals surface area contributed by atoms with Crippen LogP contribution in [0.15, 0.2) is 17.5 Å². The first-order valence-corrected chi connectivity index (χ1v) is 9.61. The third-order valence-corrected chi connectivity index (χ3v) is 5.96. The van der Waals surface area contributed by atoms with Crippen molar-refractivity contribution < 1.29 is 9.47 Å². The summed E-state index contributed by atoms with van der Waals surface area (Å²) in [5.41, 5.74) is -0.101. The van der Waals surface area contributed by atoms with Crippen LogP contribution < -0.4 is 0 Å². The molecule has 0 N–H and O–H groups in total. The van der Waals surface area contributed by atoms with Gasteiger partial charge >= 0.3 is 0 Å². The van der Waals surface area contributed by atoms with Gasteiger partial charge in [0, 0.05) is 37.1 Å². The summed E-state index contributed by atoms with van der Waals surface area (Å²) in [4.78, 5) is 6.36.